The van der Waals surface area contributed by atoms with Crippen molar-refractivity contribution in [2.24, 2.45) is 5.73 Å². The lowest BCUT2D eigenvalue weighted by molar-refractivity contribution is -0.144. The van der Waals surface area contributed by atoms with Crippen LogP contribution in [0.25, 0.3) is 0 Å². The summed E-state index contributed by atoms with van der Waals surface area (Å²) < 4.78 is 4.77. The third-order valence-electron chi connectivity index (χ3n) is 1.61. The lowest BCUT2D eigenvalue weighted by Gasteiger charge is -2.08. The number of ether oxygens (including phenoxy) is 1. The van der Waals surface area contributed by atoms with Crippen LogP contribution < -0.4 is 5.73 Å². The predicted octanol–water partition coefficient (Wildman–Crippen LogP) is 0.0615. The Bertz CT molecular complexity index is 276. The van der Waals surface area contributed by atoms with Crippen molar-refractivity contribution in [2.45, 2.75) is 12.5 Å². The summed E-state index contributed by atoms with van der Waals surface area (Å²) in [4.78, 5) is 17.9. The van der Waals surface area contributed by atoms with E-state index < -0.39 is 12.0 Å². The third kappa shape index (κ3) is 3.35. The van der Waals surface area contributed by atoms with E-state index in [0.717, 1.165) is 5.69 Å². The molecule has 0 aliphatic carbocycles. The topological polar surface area (TPSA) is 81.0 Å². The third-order valence-corrected chi connectivity index (χ3v) is 1.76. The lowest BCUT2D eigenvalue weighted by Crippen LogP contribution is -2.34. The van der Waals surface area contributed by atoms with Crippen LogP contribution in [-0.2, 0) is 16.0 Å². The summed E-state index contributed by atoms with van der Waals surface area (Å²) in [6, 6.07) is -0.679. The Morgan fingerprint density at radius 2 is 2.57 bits per heavy atom. The molecule has 0 spiro atoms. The number of aromatic amines is 1. The second kappa shape index (κ2) is 5.62. The van der Waals surface area contributed by atoms with Crippen molar-refractivity contribution in [1.29, 1.82) is 0 Å². The average Bonchev–Trinajstić information content (AvgIpc) is 2.66. The van der Waals surface area contributed by atoms with Crippen LogP contribution in [0.3, 0.4) is 0 Å². The van der Waals surface area contributed by atoms with Crippen molar-refractivity contribution in [3.8, 4) is 0 Å². The Balaban J connectivity index is 2.34. The summed E-state index contributed by atoms with van der Waals surface area (Å²) in [5, 5.41) is 0. The SMILES string of the molecule is N[C@@H](Cc1c[nH]cn1)C(=O)OCCCl. The maximum absolute atomic E-state index is 11.2. The number of halogens is 1. The van der Waals surface area contributed by atoms with Gasteiger partial charge in [0.2, 0.25) is 0 Å². The smallest absolute Gasteiger partial charge is 0.323 e. The summed E-state index contributed by atoms with van der Waals surface area (Å²) in [5.41, 5.74) is 6.31. The first-order chi connectivity index (χ1) is 6.74. The Hall–Kier alpha value is -1.07. The number of nitrogens with two attached hydrogens (primary N) is 1. The molecule has 0 fully saturated rings. The summed E-state index contributed by atoms with van der Waals surface area (Å²) >= 11 is 5.36. The van der Waals surface area contributed by atoms with E-state index >= 15 is 0 Å². The molecule has 0 unspecified atom stereocenters. The van der Waals surface area contributed by atoms with Crippen LogP contribution in [0.5, 0.6) is 0 Å². The van der Waals surface area contributed by atoms with E-state index in [2.05, 4.69) is 9.97 Å². The van der Waals surface area contributed by atoms with Gasteiger partial charge in [0.15, 0.2) is 0 Å². The van der Waals surface area contributed by atoms with E-state index in [1.807, 2.05) is 0 Å². The van der Waals surface area contributed by atoms with Crippen molar-refractivity contribution in [3.05, 3.63) is 18.2 Å². The highest BCUT2D eigenvalue weighted by Crippen LogP contribution is 1.98. The second-order valence-electron chi connectivity index (χ2n) is 2.73. The van der Waals surface area contributed by atoms with Crippen molar-refractivity contribution >= 4 is 17.6 Å². The van der Waals surface area contributed by atoms with Crippen LogP contribution in [0.4, 0.5) is 0 Å². The fourth-order valence-electron chi connectivity index (χ4n) is 0.957. The van der Waals surface area contributed by atoms with Gasteiger partial charge in [0.1, 0.15) is 12.6 Å². The zero-order valence-corrected chi connectivity index (χ0v) is 8.33. The molecule has 0 amide bonds. The first-order valence-electron chi connectivity index (χ1n) is 4.20. The number of hydrogen-bond acceptors (Lipinski definition) is 4. The van der Waals surface area contributed by atoms with Crippen LogP contribution in [0.15, 0.2) is 12.5 Å². The highest BCUT2D eigenvalue weighted by Gasteiger charge is 2.15. The Kier molecular flexibility index (Phi) is 4.42. The van der Waals surface area contributed by atoms with Crippen LogP contribution in [0, 0.1) is 0 Å². The molecule has 1 heterocycles. The molecule has 0 aromatic carbocycles. The minimum atomic E-state index is -0.679. The number of hydrogen-bond donors (Lipinski definition) is 2. The number of aromatic nitrogens is 2. The molecular weight excluding hydrogens is 206 g/mol. The zero-order chi connectivity index (χ0) is 10.4. The summed E-state index contributed by atoms with van der Waals surface area (Å²) in [6.45, 7) is 0.189. The van der Waals surface area contributed by atoms with Gasteiger partial charge in [-0.25, -0.2) is 4.98 Å². The molecule has 0 bridgehead atoms. The molecule has 0 radical (unpaired) electrons. The number of imidazole rings is 1. The van der Waals surface area contributed by atoms with E-state index in [1.54, 1.807) is 6.20 Å². The van der Waals surface area contributed by atoms with Gasteiger partial charge in [0.25, 0.3) is 0 Å². The molecule has 1 aromatic heterocycles. The van der Waals surface area contributed by atoms with Gasteiger partial charge in [-0.3, -0.25) is 4.79 Å². The predicted molar refractivity (Wildman–Crippen MR) is 51.9 cm³/mol. The summed E-state index contributed by atoms with van der Waals surface area (Å²) in [6.07, 6.45) is 3.59. The molecule has 78 valence electrons. The fourth-order valence-corrected chi connectivity index (χ4v) is 1.03. The second-order valence-corrected chi connectivity index (χ2v) is 3.11. The van der Waals surface area contributed by atoms with Gasteiger partial charge in [-0.05, 0) is 0 Å². The van der Waals surface area contributed by atoms with E-state index in [9.17, 15) is 4.79 Å². The Morgan fingerprint density at radius 3 is 3.14 bits per heavy atom. The first kappa shape index (κ1) is 11.0. The van der Waals surface area contributed by atoms with Gasteiger partial charge in [-0.15, -0.1) is 11.6 Å². The monoisotopic (exact) mass is 217 g/mol. The summed E-state index contributed by atoms with van der Waals surface area (Å²) in [7, 11) is 0. The van der Waals surface area contributed by atoms with Gasteiger partial charge < -0.3 is 15.5 Å². The Morgan fingerprint density at radius 1 is 1.79 bits per heavy atom. The van der Waals surface area contributed by atoms with Gasteiger partial charge in [0.05, 0.1) is 17.9 Å². The van der Waals surface area contributed by atoms with E-state index in [0.29, 0.717) is 6.42 Å². The van der Waals surface area contributed by atoms with Crippen molar-refractivity contribution in [3.63, 3.8) is 0 Å². The minimum Gasteiger partial charge on any atom is -0.463 e. The number of rotatable bonds is 5. The average molecular weight is 218 g/mol. The lowest BCUT2D eigenvalue weighted by atomic mass is 10.2. The van der Waals surface area contributed by atoms with Gasteiger partial charge >= 0.3 is 5.97 Å². The summed E-state index contributed by atoms with van der Waals surface area (Å²) in [5.74, 6) is -0.172. The highest BCUT2D eigenvalue weighted by molar-refractivity contribution is 6.18. The molecule has 1 aromatic rings. The molecule has 6 heteroatoms. The van der Waals surface area contributed by atoms with E-state index in [-0.39, 0.29) is 12.5 Å². The zero-order valence-electron chi connectivity index (χ0n) is 7.57. The number of H-pyrrole nitrogens is 1. The molecule has 0 saturated carbocycles. The highest BCUT2D eigenvalue weighted by atomic mass is 35.5. The number of carbonyl (C=O) groups is 1. The normalized spacial score (nSPS) is 12.4. The molecule has 5 nitrogen and oxygen atoms in total. The van der Waals surface area contributed by atoms with Gasteiger partial charge in [-0.1, -0.05) is 0 Å². The number of alkyl halides is 1. The van der Waals surface area contributed by atoms with Crippen molar-refractivity contribution < 1.29 is 9.53 Å². The number of carbonyl (C=O) groups excluding carboxylic acids is 1. The maximum atomic E-state index is 11.2. The fraction of sp³-hybridized carbons (Fsp3) is 0.500. The maximum Gasteiger partial charge on any atom is 0.323 e. The Labute approximate surface area is 86.6 Å². The largest absolute Gasteiger partial charge is 0.463 e. The number of nitrogens with zero attached hydrogens (tertiary/aromatic N) is 1. The molecular formula is C8H12ClN3O2. The van der Waals surface area contributed by atoms with Crippen molar-refractivity contribution in [1.82, 2.24) is 9.97 Å². The minimum absolute atomic E-state index is 0.189. The van der Waals surface area contributed by atoms with Crippen LogP contribution in [-0.4, -0.2) is 34.5 Å². The number of nitrogens with one attached hydrogen (secondary N) is 1. The molecule has 3 N–H and O–H groups in total. The molecule has 0 saturated heterocycles. The molecule has 1 rings (SSSR count). The van der Waals surface area contributed by atoms with Crippen LogP contribution in [0.1, 0.15) is 5.69 Å². The van der Waals surface area contributed by atoms with Crippen molar-refractivity contribution in [2.75, 3.05) is 12.5 Å². The van der Waals surface area contributed by atoms with Gasteiger partial charge in [-0.2, -0.15) is 0 Å². The molecule has 0 aliphatic rings. The molecule has 0 aliphatic heterocycles. The molecule has 1 atom stereocenters. The van der Waals surface area contributed by atoms with E-state index in [4.69, 9.17) is 22.1 Å². The van der Waals surface area contributed by atoms with E-state index in [1.165, 1.54) is 6.33 Å². The van der Waals surface area contributed by atoms with Crippen LogP contribution >= 0.6 is 11.6 Å². The first-order valence-corrected chi connectivity index (χ1v) is 4.73. The van der Waals surface area contributed by atoms with Gasteiger partial charge in [0, 0.05) is 12.6 Å². The number of esters is 1. The quantitative estimate of drug-likeness (QED) is 0.540. The van der Waals surface area contributed by atoms with Crippen LogP contribution in [0.2, 0.25) is 0 Å². The molecule has 14 heavy (non-hydrogen) atoms. The standard InChI is InChI=1S/C8H12ClN3O2/c9-1-2-14-8(13)7(10)3-6-4-11-5-12-6/h4-5,7H,1-3,10H2,(H,11,12)/t7-/m0/s1.